The van der Waals surface area contributed by atoms with Crippen LogP contribution in [0, 0.1) is 10.1 Å². The molecule has 0 saturated carbocycles. The summed E-state index contributed by atoms with van der Waals surface area (Å²) in [7, 11) is 0. The van der Waals surface area contributed by atoms with Crippen molar-refractivity contribution in [1.29, 1.82) is 0 Å². The number of unbranched alkanes of at least 4 members (excludes halogenated alkanes) is 5. The second kappa shape index (κ2) is 18.4. The highest BCUT2D eigenvalue weighted by atomic mass is 16.6. The fourth-order valence-corrected chi connectivity index (χ4v) is 2.05. The zero-order chi connectivity index (χ0) is 17.0. The minimum Gasteiger partial charge on any atom is -0.265 e. The molecule has 0 aromatic rings. The third-order valence-electron chi connectivity index (χ3n) is 3.42. The average molecular weight is 319 g/mol. The number of hydrogen-bond acceptors (Lipinski definition) is 2. The van der Waals surface area contributed by atoms with Crippen LogP contribution in [0.4, 0.5) is 0 Å². The molecule has 0 aliphatic heterocycles. The second-order valence-electron chi connectivity index (χ2n) is 5.64. The first-order valence-corrected chi connectivity index (χ1v) is 8.99. The molecule has 0 aromatic heterocycles. The lowest BCUT2D eigenvalue weighted by atomic mass is 10.2. The van der Waals surface area contributed by atoms with Crippen LogP contribution < -0.4 is 0 Å². The van der Waals surface area contributed by atoms with Gasteiger partial charge in [0.05, 0.1) is 0 Å². The molecule has 0 bridgehead atoms. The van der Waals surface area contributed by atoms with Gasteiger partial charge in [0.15, 0.2) is 0 Å². The van der Waals surface area contributed by atoms with Gasteiger partial charge in [-0.3, -0.25) is 10.1 Å². The van der Waals surface area contributed by atoms with E-state index in [1.165, 1.54) is 19.3 Å². The highest BCUT2D eigenvalue weighted by Gasteiger charge is 1.94. The van der Waals surface area contributed by atoms with Gasteiger partial charge in [0.25, 0.3) is 0 Å². The van der Waals surface area contributed by atoms with E-state index >= 15 is 0 Å². The van der Waals surface area contributed by atoms with Crippen molar-refractivity contribution in [2.75, 3.05) is 6.54 Å². The Balaban J connectivity index is 3.37. The van der Waals surface area contributed by atoms with Gasteiger partial charge in [0, 0.05) is 11.3 Å². The lowest BCUT2D eigenvalue weighted by molar-refractivity contribution is -0.480. The summed E-state index contributed by atoms with van der Waals surface area (Å²) in [6, 6.07) is 0. The lowest BCUT2D eigenvalue weighted by Crippen LogP contribution is -1.99. The fraction of sp³-hybridized carbons (Fsp3) is 0.600. The number of hydrogen-bond donors (Lipinski definition) is 0. The number of nitrogens with zero attached hydrogens (tertiary/aromatic N) is 1. The summed E-state index contributed by atoms with van der Waals surface area (Å²) in [6.45, 7) is 2.32. The molecule has 0 atom stereocenters. The van der Waals surface area contributed by atoms with Crippen molar-refractivity contribution in [2.45, 2.75) is 71.1 Å². The van der Waals surface area contributed by atoms with Gasteiger partial charge < -0.3 is 0 Å². The normalized spacial score (nSPS) is 12.4. The van der Waals surface area contributed by atoms with Gasteiger partial charge in [-0.25, -0.2) is 0 Å². The van der Waals surface area contributed by atoms with E-state index in [4.69, 9.17) is 0 Å². The first-order valence-electron chi connectivity index (χ1n) is 8.99. The minimum atomic E-state index is -0.238. The van der Waals surface area contributed by atoms with Crippen LogP contribution in [0.2, 0.25) is 0 Å². The van der Waals surface area contributed by atoms with E-state index in [0.717, 1.165) is 38.5 Å². The van der Waals surface area contributed by atoms with Crippen molar-refractivity contribution < 1.29 is 4.92 Å². The summed E-state index contributed by atoms with van der Waals surface area (Å²) in [4.78, 5) is 9.91. The molecule has 130 valence electrons. The molecule has 3 heteroatoms. The zero-order valence-corrected chi connectivity index (χ0v) is 14.7. The Morgan fingerprint density at radius 1 is 0.696 bits per heavy atom. The topological polar surface area (TPSA) is 43.1 Å². The van der Waals surface area contributed by atoms with E-state index in [9.17, 15) is 10.1 Å². The summed E-state index contributed by atoms with van der Waals surface area (Å²) in [5.41, 5.74) is 0. The molecule has 0 N–H and O–H groups in total. The maximum atomic E-state index is 10.1. The first kappa shape index (κ1) is 21.4. The molecule has 0 amide bonds. The molecular weight excluding hydrogens is 286 g/mol. The molecule has 0 heterocycles. The van der Waals surface area contributed by atoms with E-state index < -0.39 is 0 Å². The van der Waals surface area contributed by atoms with Gasteiger partial charge in [0.2, 0.25) is 6.54 Å². The van der Waals surface area contributed by atoms with Crippen molar-refractivity contribution in [3.05, 3.63) is 58.7 Å². The van der Waals surface area contributed by atoms with Crippen LogP contribution >= 0.6 is 0 Å². The molecule has 3 nitrogen and oxygen atoms in total. The number of allylic oxidation sites excluding steroid dienone is 8. The van der Waals surface area contributed by atoms with Crippen LogP contribution in [0.5, 0.6) is 0 Å². The summed E-state index contributed by atoms with van der Waals surface area (Å²) in [5, 5.41) is 10.1. The Labute approximate surface area is 142 Å². The van der Waals surface area contributed by atoms with Crippen molar-refractivity contribution in [3.63, 3.8) is 0 Å². The summed E-state index contributed by atoms with van der Waals surface area (Å²) in [5.74, 6) is 0. The van der Waals surface area contributed by atoms with Crippen LogP contribution in [0.25, 0.3) is 0 Å². The van der Waals surface area contributed by atoms with Crippen molar-refractivity contribution in [3.8, 4) is 0 Å². The standard InChI is InChI=1S/C20H33NO2/c1-2-3-4-5-6-7-8-9-10-11-12-13-14-15-16-17-18-19-20-21(22)23/h5-6,8-9,11-12,14-15H,2-4,7,10,13,16-20H2,1H3/b6-5-,9-8-,12-11-,15-14-. The molecule has 0 fully saturated rings. The van der Waals surface area contributed by atoms with E-state index in [1.807, 2.05) is 0 Å². The van der Waals surface area contributed by atoms with Crippen LogP contribution in [0.1, 0.15) is 71.1 Å². The monoisotopic (exact) mass is 319 g/mol. The second-order valence-corrected chi connectivity index (χ2v) is 5.64. The third kappa shape index (κ3) is 20.4. The van der Waals surface area contributed by atoms with Gasteiger partial charge in [-0.15, -0.1) is 0 Å². The predicted octanol–water partition coefficient (Wildman–Crippen LogP) is 6.41. The minimum absolute atomic E-state index is 0.106. The van der Waals surface area contributed by atoms with Crippen LogP contribution in [-0.4, -0.2) is 11.5 Å². The first-order chi connectivity index (χ1) is 11.3. The average Bonchev–Trinajstić information content (AvgIpc) is 2.53. The summed E-state index contributed by atoms with van der Waals surface area (Å²) >= 11 is 0. The largest absolute Gasteiger partial charge is 0.265 e. The van der Waals surface area contributed by atoms with Crippen molar-refractivity contribution in [1.82, 2.24) is 0 Å². The van der Waals surface area contributed by atoms with E-state index in [2.05, 4.69) is 55.5 Å². The van der Waals surface area contributed by atoms with Gasteiger partial charge in [-0.1, -0.05) is 68.4 Å². The van der Waals surface area contributed by atoms with Crippen molar-refractivity contribution in [2.24, 2.45) is 0 Å². The highest BCUT2D eigenvalue weighted by molar-refractivity contribution is 4.99. The van der Waals surface area contributed by atoms with Crippen LogP contribution in [-0.2, 0) is 0 Å². The number of nitro groups is 1. The van der Waals surface area contributed by atoms with Gasteiger partial charge in [0.1, 0.15) is 0 Å². The molecule has 0 aliphatic carbocycles. The Kier molecular flexibility index (Phi) is 17.1. The Morgan fingerprint density at radius 2 is 1.17 bits per heavy atom. The lowest BCUT2D eigenvalue weighted by Gasteiger charge is -1.93. The predicted molar refractivity (Wildman–Crippen MR) is 100 cm³/mol. The maximum absolute atomic E-state index is 10.1. The molecule has 0 aromatic carbocycles. The van der Waals surface area contributed by atoms with Crippen LogP contribution in [0.15, 0.2) is 48.6 Å². The van der Waals surface area contributed by atoms with Crippen molar-refractivity contribution >= 4 is 0 Å². The molecule has 0 aliphatic rings. The fourth-order valence-electron chi connectivity index (χ4n) is 2.05. The molecule has 0 radical (unpaired) electrons. The molecule has 0 spiro atoms. The van der Waals surface area contributed by atoms with Gasteiger partial charge >= 0.3 is 0 Å². The number of rotatable bonds is 15. The smallest absolute Gasteiger partial charge is 0.203 e. The molecule has 23 heavy (non-hydrogen) atoms. The quantitative estimate of drug-likeness (QED) is 0.151. The van der Waals surface area contributed by atoms with Gasteiger partial charge in [-0.05, 0) is 44.9 Å². The zero-order valence-electron chi connectivity index (χ0n) is 14.7. The molecule has 0 rings (SSSR count). The summed E-state index contributed by atoms with van der Waals surface area (Å²) < 4.78 is 0. The SMILES string of the molecule is CCCC/C=C\C/C=C\C/C=C\C/C=C\CCCCC[N+](=O)[O-]. The van der Waals surface area contributed by atoms with Gasteiger partial charge in [-0.2, -0.15) is 0 Å². The van der Waals surface area contributed by atoms with E-state index in [-0.39, 0.29) is 11.5 Å². The molecule has 0 unspecified atom stereocenters. The molecular formula is C20H33NO2. The van der Waals surface area contributed by atoms with E-state index in [0.29, 0.717) is 6.42 Å². The third-order valence-corrected chi connectivity index (χ3v) is 3.42. The van der Waals surface area contributed by atoms with E-state index in [1.54, 1.807) is 0 Å². The Hall–Kier alpha value is -1.64. The van der Waals surface area contributed by atoms with Crippen LogP contribution in [0.3, 0.4) is 0 Å². The molecule has 0 saturated heterocycles. The Bertz CT molecular complexity index is 381. The Morgan fingerprint density at radius 3 is 1.65 bits per heavy atom. The highest BCUT2D eigenvalue weighted by Crippen LogP contribution is 2.02. The summed E-state index contributed by atoms with van der Waals surface area (Å²) in [6.07, 6.45) is 28.1. The maximum Gasteiger partial charge on any atom is 0.203 e.